The van der Waals surface area contributed by atoms with Crippen LogP contribution in [-0.4, -0.2) is 46.2 Å². The van der Waals surface area contributed by atoms with Crippen LogP contribution >= 0.6 is 0 Å². The lowest BCUT2D eigenvalue weighted by molar-refractivity contribution is -0.135. The molecule has 2 rings (SSSR count). The van der Waals surface area contributed by atoms with Crippen LogP contribution in [0.25, 0.3) is 0 Å². The van der Waals surface area contributed by atoms with Crippen molar-refractivity contribution < 1.29 is 19.8 Å². The molecule has 0 radical (unpaired) electrons. The monoisotopic (exact) mass is 306 g/mol. The Morgan fingerprint density at radius 1 is 1.41 bits per heavy atom. The summed E-state index contributed by atoms with van der Waals surface area (Å²) in [7, 11) is 1.65. The first-order chi connectivity index (χ1) is 10.1. The number of carbonyl (C=O) groups is 2. The highest BCUT2D eigenvalue weighted by molar-refractivity contribution is 5.90. The van der Waals surface area contributed by atoms with Crippen LogP contribution in [0.5, 0.6) is 0 Å². The van der Waals surface area contributed by atoms with Gasteiger partial charge in [0, 0.05) is 19.3 Å². The number of nitrogens with one attached hydrogen (secondary N) is 1. The Hall–Kier alpha value is -2.08. The Balaban J connectivity index is 2.42. The highest BCUT2D eigenvalue weighted by atomic mass is 16.4. The number of aliphatic hydroxyl groups is 1. The van der Waals surface area contributed by atoms with Gasteiger partial charge in [0.1, 0.15) is 6.04 Å². The van der Waals surface area contributed by atoms with Crippen molar-refractivity contribution >= 4 is 17.6 Å². The molecule has 0 aliphatic carbocycles. The van der Waals surface area contributed by atoms with Gasteiger partial charge in [-0.3, -0.25) is 4.79 Å². The van der Waals surface area contributed by atoms with Crippen LogP contribution in [0, 0.1) is 5.41 Å². The van der Waals surface area contributed by atoms with E-state index in [0.717, 1.165) is 5.56 Å². The molecule has 0 spiro atoms. The minimum atomic E-state index is -1.01. The van der Waals surface area contributed by atoms with Gasteiger partial charge in [-0.25, -0.2) is 4.79 Å². The molecule has 0 aromatic heterocycles. The summed E-state index contributed by atoms with van der Waals surface area (Å²) in [6.07, 6.45) is -0.868. The molecule has 1 unspecified atom stereocenters. The van der Waals surface area contributed by atoms with Crippen molar-refractivity contribution in [3.8, 4) is 0 Å². The third-order valence-corrected chi connectivity index (χ3v) is 3.92. The molecule has 0 fully saturated rings. The first-order valence-electron chi connectivity index (χ1n) is 7.17. The Bertz CT molecular complexity index is 607. The second-order valence-electron chi connectivity index (χ2n) is 6.80. The van der Waals surface area contributed by atoms with Gasteiger partial charge in [0.2, 0.25) is 5.91 Å². The zero-order chi connectivity index (χ0) is 16.7. The molecule has 120 valence electrons. The molecule has 1 aromatic rings. The molecule has 1 aliphatic heterocycles. The Kier molecular flexibility index (Phi) is 4.15. The first-order valence-corrected chi connectivity index (χ1v) is 7.17. The number of rotatable bonds is 2. The van der Waals surface area contributed by atoms with Crippen LogP contribution in [-0.2, 0) is 11.3 Å². The predicted molar refractivity (Wildman–Crippen MR) is 82.7 cm³/mol. The van der Waals surface area contributed by atoms with E-state index in [1.165, 1.54) is 11.0 Å². The molecule has 0 bridgehead atoms. The molecule has 6 heteroatoms. The summed E-state index contributed by atoms with van der Waals surface area (Å²) in [5, 5.41) is 22.6. The third kappa shape index (κ3) is 3.06. The van der Waals surface area contributed by atoms with Gasteiger partial charge in [0.25, 0.3) is 0 Å². The zero-order valence-electron chi connectivity index (χ0n) is 13.3. The van der Waals surface area contributed by atoms with Gasteiger partial charge in [-0.1, -0.05) is 20.8 Å². The van der Waals surface area contributed by atoms with E-state index >= 15 is 0 Å². The second kappa shape index (κ2) is 5.61. The number of carboxylic acids is 1. The van der Waals surface area contributed by atoms with Gasteiger partial charge in [-0.05, 0) is 29.2 Å². The van der Waals surface area contributed by atoms with Gasteiger partial charge in [-0.15, -0.1) is 0 Å². The van der Waals surface area contributed by atoms with E-state index in [0.29, 0.717) is 12.2 Å². The smallest absolute Gasteiger partial charge is 0.335 e. The number of fused-ring (bicyclic) bond motifs is 1. The third-order valence-electron chi connectivity index (χ3n) is 3.92. The SMILES string of the molecule is CN1Cc2cc(C(=O)O)ccc2N[C@H](C(O)C(C)(C)C)C1=O. The van der Waals surface area contributed by atoms with Crippen molar-refractivity contribution in [1.29, 1.82) is 0 Å². The highest BCUT2D eigenvalue weighted by Gasteiger charge is 2.38. The summed E-state index contributed by atoms with van der Waals surface area (Å²) in [5.74, 6) is -1.22. The summed E-state index contributed by atoms with van der Waals surface area (Å²) in [6.45, 7) is 5.90. The molecule has 3 N–H and O–H groups in total. The molecule has 1 amide bonds. The van der Waals surface area contributed by atoms with Crippen molar-refractivity contribution in [1.82, 2.24) is 4.90 Å². The van der Waals surface area contributed by atoms with Crippen molar-refractivity contribution in [3.05, 3.63) is 29.3 Å². The Labute approximate surface area is 129 Å². The molecular formula is C16H22N2O4. The first kappa shape index (κ1) is 16.3. The van der Waals surface area contributed by atoms with Crippen LogP contribution in [0.3, 0.4) is 0 Å². The molecule has 2 atom stereocenters. The topological polar surface area (TPSA) is 89.9 Å². The van der Waals surface area contributed by atoms with E-state index in [1.807, 2.05) is 20.8 Å². The number of benzene rings is 1. The summed E-state index contributed by atoms with van der Waals surface area (Å²) in [4.78, 5) is 25.1. The minimum absolute atomic E-state index is 0.177. The molecule has 6 nitrogen and oxygen atoms in total. The maximum absolute atomic E-state index is 12.5. The predicted octanol–water partition coefficient (Wildman–Crippen LogP) is 1.54. The number of nitrogens with zero attached hydrogens (tertiary/aromatic N) is 1. The maximum atomic E-state index is 12.5. The van der Waals surface area contributed by atoms with E-state index in [2.05, 4.69) is 5.32 Å². The fourth-order valence-electron chi connectivity index (χ4n) is 2.51. The average Bonchev–Trinajstić information content (AvgIpc) is 2.54. The molecule has 0 saturated heterocycles. The van der Waals surface area contributed by atoms with Gasteiger partial charge in [0.05, 0.1) is 11.7 Å². The number of hydrogen-bond acceptors (Lipinski definition) is 4. The van der Waals surface area contributed by atoms with Crippen molar-refractivity contribution in [2.24, 2.45) is 5.41 Å². The lowest BCUT2D eigenvalue weighted by Crippen LogP contribution is -2.50. The summed E-state index contributed by atoms with van der Waals surface area (Å²) in [5.41, 5.74) is 1.12. The van der Waals surface area contributed by atoms with Gasteiger partial charge < -0.3 is 20.4 Å². The fraction of sp³-hybridized carbons (Fsp3) is 0.500. The number of hydrogen-bond donors (Lipinski definition) is 3. The van der Waals surface area contributed by atoms with Gasteiger partial charge in [-0.2, -0.15) is 0 Å². The number of aromatic carboxylic acids is 1. The molecule has 1 heterocycles. The summed E-state index contributed by atoms with van der Waals surface area (Å²) < 4.78 is 0. The van der Waals surface area contributed by atoms with E-state index < -0.39 is 23.5 Å². The normalized spacial score (nSPS) is 20.0. The quantitative estimate of drug-likeness (QED) is 0.771. The van der Waals surface area contributed by atoms with Crippen molar-refractivity contribution in [3.63, 3.8) is 0 Å². The minimum Gasteiger partial charge on any atom is -0.478 e. The molecule has 1 aliphatic rings. The largest absolute Gasteiger partial charge is 0.478 e. The number of carbonyl (C=O) groups excluding carboxylic acids is 1. The lowest BCUT2D eigenvalue weighted by atomic mass is 9.84. The van der Waals surface area contributed by atoms with Crippen molar-refractivity contribution in [2.45, 2.75) is 39.5 Å². The zero-order valence-corrected chi connectivity index (χ0v) is 13.3. The highest BCUT2D eigenvalue weighted by Crippen LogP contribution is 2.29. The second-order valence-corrected chi connectivity index (χ2v) is 6.80. The molecule has 0 saturated carbocycles. The lowest BCUT2D eigenvalue weighted by Gasteiger charge is -2.33. The number of anilines is 1. The number of aliphatic hydroxyl groups excluding tert-OH is 1. The van der Waals surface area contributed by atoms with Crippen LogP contribution in [0.1, 0.15) is 36.7 Å². The van der Waals surface area contributed by atoms with E-state index in [-0.39, 0.29) is 11.5 Å². The fourth-order valence-corrected chi connectivity index (χ4v) is 2.51. The number of carboxylic acid groups (broad SMARTS) is 1. The summed E-state index contributed by atoms with van der Waals surface area (Å²) >= 11 is 0. The van der Waals surface area contributed by atoms with Gasteiger partial charge >= 0.3 is 5.97 Å². The maximum Gasteiger partial charge on any atom is 0.335 e. The van der Waals surface area contributed by atoms with Crippen LogP contribution in [0.2, 0.25) is 0 Å². The van der Waals surface area contributed by atoms with E-state index in [9.17, 15) is 14.7 Å². The van der Waals surface area contributed by atoms with Crippen molar-refractivity contribution in [2.75, 3.05) is 12.4 Å². The summed E-state index contributed by atoms with van der Waals surface area (Å²) in [6, 6.07) is 3.93. The van der Waals surface area contributed by atoms with Gasteiger partial charge in [0.15, 0.2) is 0 Å². The van der Waals surface area contributed by atoms with E-state index in [1.54, 1.807) is 19.2 Å². The van der Waals surface area contributed by atoms with Crippen LogP contribution in [0.4, 0.5) is 5.69 Å². The number of likely N-dealkylation sites (N-methyl/N-ethyl adjacent to an activating group) is 1. The Morgan fingerprint density at radius 3 is 2.59 bits per heavy atom. The molecule has 1 aromatic carbocycles. The standard InChI is InChI=1S/C16H22N2O4/c1-16(2,3)13(19)12-14(20)18(4)8-10-7-9(15(21)22)5-6-11(10)17-12/h5-7,12-13,17,19H,8H2,1-4H3,(H,21,22)/t12-,13?/m1/s1. The molecule has 22 heavy (non-hydrogen) atoms. The Morgan fingerprint density at radius 2 is 2.05 bits per heavy atom. The average molecular weight is 306 g/mol. The number of amides is 1. The van der Waals surface area contributed by atoms with E-state index in [4.69, 9.17) is 5.11 Å². The van der Waals surface area contributed by atoms with Crippen LogP contribution < -0.4 is 5.32 Å². The molecular weight excluding hydrogens is 284 g/mol. The van der Waals surface area contributed by atoms with Crippen LogP contribution in [0.15, 0.2) is 18.2 Å².